The van der Waals surface area contributed by atoms with Gasteiger partial charge >= 0.3 is 21.1 Å². The van der Waals surface area contributed by atoms with Crippen LogP contribution in [0.4, 0.5) is 0 Å². The first-order chi connectivity index (χ1) is 20.3. The summed E-state index contributed by atoms with van der Waals surface area (Å²) in [6, 6.07) is 47.1. The van der Waals surface area contributed by atoms with Crippen LogP contribution < -0.4 is 0 Å². The van der Waals surface area contributed by atoms with E-state index in [4.69, 9.17) is 15.0 Å². The van der Waals surface area contributed by atoms with Gasteiger partial charge in [0, 0.05) is 17.6 Å². The van der Waals surface area contributed by atoms with E-state index in [1.54, 1.807) is 6.20 Å². The van der Waals surface area contributed by atoms with Gasteiger partial charge in [0.2, 0.25) is 0 Å². The molecule has 0 spiro atoms. The van der Waals surface area contributed by atoms with E-state index in [2.05, 4.69) is 58.1 Å². The second kappa shape index (κ2) is 12.4. The molecule has 0 saturated heterocycles. The SMILES string of the molecule is [Pt+2].[c-]1ccccc1CCc1cccc(-c2cccc(-c3[c-]ccc(-c4nc5cccnc5n4-c4ccccc4)c3)n2)n1. The predicted octanol–water partition coefficient (Wildman–Crippen LogP) is 7.59. The summed E-state index contributed by atoms with van der Waals surface area (Å²) in [5.41, 5.74) is 9.26. The molecule has 42 heavy (non-hydrogen) atoms. The molecule has 0 aliphatic heterocycles. The first kappa shape index (κ1) is 27.4. The van der Waals surface area contributed by atoms with Crippen LogP contribution in [0.3, 0.4) is 0 Å². The smallest absolute Gasteiger partial charge is 0.295 e. The predicted molar refractivity (Wildman–Crippen MR) is 162 cm³/mol. The van der Waals surface area contributed by atoms with Gasteiger partial charge in [-0.25, -0.2) is 9.97 Å². The number of pyridine rings is 3. The van der Waals surface area contributed by atoms with Gasteiger partial charge in [0.1, 0.15) is 11.3 Å². The molecular formula is C36H25N5Pt. The molecule has 204 valence electrons. The van der Waals surface area contributed by atoms with Gasteiger partial charge in [-0.15, -0.1) is 29.8 Å². The standard InChI is InChI=1S/C36H25N5.Pt/c1-3-11-26(12-4-1)22-23-29-15-8-19-32(38-29)33-20-9-18-31(39-33)27-13-7-14-28(25-27)35-40-34-21-10-24-37-36(34)41(35)30-16-5-2-6-17-30;/h1-11,14-21,24-25H,22-23H2;/q-2;+2. The van der Waals surface area contributed by atoms with Gasteiger partial charge in [-0.05, 0) is 61.0 Å². The van der Waals surface area contributed by atoms with Crippen molar-refractivity contribution in [3.8, 4) is 39.7 Å². The summed E-state index contributed by atoms with van der Waals surface area (Å²) >= 11 is 0. The quantitative estimate of drug-likeness (QED) is 0.159. The van der Waals surface area contributed by atoms with Crippen LogP contribution >= 0.6 is 0 Å². The summed E-state index contributed by atoms with van der Waals surface area (Å²) in [6.07, 6.45) is 3.55. The fraction of sp³-hybridized carbons (Fsp3) is 0.0556. The molecule has 7 aromatic rings. The summed E-state index contributed by atoms with van der Waals surface area (Å²) < 4.78 is 2.10. The Balaban J connectivity index is 0.00000316. The summed E-state index contributed by atoms with van der Waals surface area (Å²) in [7, 11) is 0. The van der Waals surface area contributed by atoms with Crippen molar-refractivity contribution in [1.29, 1.82) is 0 Å². The number of aryl methyl sites for hydroxylation is 2. The van der Waals surface area contributed by atoms with Gasteiger partial charge in [0.25, 0.3) is 0 Å². The molecule has 0 fully saturated rings. The third-order valence-electron chi connectivity index (χ3n) is 7.01. The Morgan fingerprint density at radius 2 is 1.43 bits per heavy atom. The Morgan fingerprint density at radius 1 is 0.619 bits per heavy atom. The number of hydrogen-bond acceptors (Lipinski definition) is 4. The van der Waals surface area contributed by atoms with E-state index in [0.717, 1.165) is 69.4 Å². The second-order valence-electron chi connectivity index (χ2n) is 9.75. The van der Waals surface area contributed by atoms with E-state index in [1.807, 2.05) is 84.9 Å². The van der Waals surface area contributed by atoms with Crippen molar-refractivity contribution in [2.45, 2.75) is 12.8 Å². The molecule has 0 radical (unpaired) electrons. The number of hydrogen-bond donors (Lipinski definition) is 0. The Hall–Kier alpha value is -4.73. The summed E-state index contributed by atoms with van der Waals surface area (Å²) in [4.78, 5) is 19.5. The molecule has 0 bridgehead atoms. The van der Waals surface area contributed by atoms with Gasteiger partial charge in [0.15, 0.2) is 5.65 Å². The number of fused-ring (bicyclic) bond motifs is 1. The zero-order valence-corrected chi connectivity index (χ0v) is 24.9. The topological polar surface area (TPSA) is 56.5 Å². The largest absolute Gasteiger partial charge is 2.00 e. The monoisotopic (exact) mass is 722 g/mol. The fourth-order valence-corrected chi connectivity index (χ4v) is 5.02. The van der Waals surface area contributed by atoms with Crippen molar-refractivity contribution < 1.29 is 21.1 Å². The van der Waals surface area contributed by atoms with E-state index in [1.165, 1.54) is 5.56 Å². The average Bonchev–Trinajstić information content (AvgIpc) is 3.45. The molecular weight excluding hydrogens is 698 g/mol. The van der Waals surface area contributed by atoms with Crippen molar-refractivity contribution in [2.24, 2.45) is 0 Å². The number of rotatable bonds is 7. The van der Waals surface area contributed by atoms with Crippen molar-refractivity contribution in [2.75, 3.05) is 0 Å². The second-order valence-corrected chi connectivity index (χ2v) is 9.75. The van der Waals surface area contributed by atoms with E-state index in [-0.39, 0.29) is 21.1 Å². The van der Waals surface area contributed by atoms with E-state index < -0.39 is 0 Å². The Labute approximate surface area is 259 Å². The molecule has 0 N–H and O–H groups in total. The molecule has 0 amide bonds. The zero-order chi connectivity index (χ0) is 27.4. The number of nitrogens with zero attached hydrogens (tertiary/aromatic N) is 5. The van der Waals surface area contributed by atoms with Crippen LogP contribution in [-0.4, -0.2) is 24.5 Å². The van der Waals surface area contributed by atoms with Crippen LogP contribution in [0.5, 0.6) is 0 Å². The van der Waals surface area contributed by atoms with E-state index >= 15 is 0 Å². The minimum Gasteiger partial charge on any atom is -0.295 e. The molecule has 0 saturated carbocycles. The van der Waals surface area contributed by atoms with Gasteiger partial charge in [-0.3, -0.25) is 14.5 Å². The third-order valence-corrected chi connectivity index (χ3v) is 7.01. The number of imidazole rings is 1. The Bertz CT molecular complexity index is 1950. The number of para-hydroxylation sites is 1. The number of aromatic nitrogens is 5. The number of benzene rings is 3. The maximum Gasteiger partial charge on any atom is 2.00 e. The van der Waals surface area contributed by atoms with E-state index in [9.17, 15) is 0 Å². The van der Waals surface area contributed by atoms with Gasteiger partial charge in [0.05, 0.1) is 11.4 Å². The van der Waals surface area contributed by atoms with Crippen molar-refractivity contribution in [1.82, 2.24) is 24.5 Å². The maximum absolute atomic E-state index is 4.99. The Morgan fingerprint density at radius 3 is 2.29 bits per heavy atom. The van der Waals surface area contributed by atoms with Crippen LogP contribution in [0.15, 0.2) is 128 Å². The summed E-state index contributed by atoms with van der Waals surface area (Å²) in [6.45, 7) is 0. The molecule has 0 atom stereocenters. The normalized spacial score (nSPS) is 10.9. The summed E-state index contributed by atoms with van der Waals surface area (Å²) in [5.74, 6) is 0.821. The van der Waals surface area contributed by atoms with Crippen LogP contribution in [0.2, 0.25) is 0 Å². The molecule has 0 unspecified atom stereocenters. The molecule has 6 heteroatoms. The van der Waals surface area contributed by atoms with E-state index in [0.29, 0.717) is 0 Å². The Kier molecular flexibility index (Phi) is 8.11. The molecule has 3 aromatic carbocycles. The van der Waals surface area contributed by atoms with Crippen molar-refractivity contribution >= 4 is 11.2 Å². The van der Waals surface area contributed by atoms with Crippen LogP contribution in [0, 0.1) is 12.1 Å². The fourth-order valence-electron chi connectivity index (χ4n) is 5.02. The first-order valence-electron chi connectivity index (χ1n) is 13.6. The zero-order valence-electron chi connectivity index (χ0n) is 22.6. The third kappa shape index (κ3) is 5.70. The molecule has 4 aromatic heterocycles. The van der Waals surface area contributed by atoms with Crippen molar-refractivity contribution in [3.63, 3.8) is 0 Å². The van der Waals surface area contributed by atoms with Crippen LogP contribution in [-0.2, 0) is 33.9 Å². The van der Waals surface area contributed by atoms with Gasteiger partial charge < -0.3 is 0 Å². The van der Waals surface area contributed by atoms with Crippen molar-refractivity contribution in [3.05, 3.63) is 151 Å². The maximum atomic E-state index is 4.99. The average molecular weight is 723 g/mol. The minimum absolute atomic E-state index is 0. The molecule has 7 rings (SSSR count). The summed E-state index contributed by atoms with van der Waals surface area (Å²) in [5, 5.41) is 0. The molecule has 0 aliphatic rings. The first-order valence-corrected chi connectivity index (χ1v) is 13.6. The minimum atomic E-state index is 0. The van der Waals surface area contributed by atoms with Gasteiger partial charge in [-0.1, -0.05) is 42.0 Å². The molecule has 0 aliphatic carbocycles. The van der Waals surface area contributed by atoms with Crippen LogP contribution in [0.25, 0.3) is 50.9 Å². The molecule has 5 nitrogen and oxygen atoms in total. The van der Waals surface area contributed by atoms with Crippen LogP contribution in [0.1, 0.15) is 11.3 Å². The molecule has 4 heterocycles. The van der Waals surface area contributed by atoms with Gasteiger partial charge in [-0.2, -0.15) is 35.9 Å².